The van der Waals surface area contributed by atoms with E-state index in [-0.39, 0.29) is 36.8 Å². The molecule has 2 amide bonds. The van der Waals surface area contributed by atoms with E-state index < -0.39 is 11.6 Å². The molecule has 4 rings (SSSR count). The van der Waals surface area contributed by atoms with Crippen molar-refractivity contribution in [3.8, 4) is 11.5 Å². The number of ether oxygens (including phenoxy) is 2. The molecule has 0 N–H and O–H groups in total. The summed E-state index contributed by atoms with van der Waals surface area (Å²) in [5.74, 6) is -1.31. The fourth-order valence-electron chi connectivity index (χ4n) is 3.56. The zero-order chi connectivity index (χ0) is 21.3. The summed E-state index contributed by atoms with van der Waals surface area (Å²) in [5, 5.41) is 0. The van der Waals surface area contributed by atoms with E-state index in [1.165, 1.54) is 11.0 Å². The summed E-state index contributed by atoms with van der Waals surface area (Å²) in [6.07, 6.45) is 0.767. The standard InChI is InChI=1S/C21H19BrF2N2O4/c22-13-1-3-17-19(9-13)29-12-21(28)26(17)11-20(27)25-7-5-15(6-8-25)30-18-4-2-14(23)10-16(18)24/h1-4,9-10,15H,5-8,11-12H2. The highest BCUT2D eigenvalue weighted by molar-refractivity contribution is 9.10. The van der Waals surface area contributed by atoms with Gasteiger partial charge in [0.2, 0.25) is 5.91 Å². The third-order valence-electron chi connectivity index (χ3n) is 5.14. The van der Waals surface area contributed by atoms with Crippen LogP contribution in [0.2, 0.25) is 0 Å². The number of likely N-dealkylation sites (tertiary alicyclic amines) is 1. The molecule has 2 heterocycles. The van der Waals surface area contributed by atoms with Gasteiger partial charge in [0.25, 0.3) is 5.91 Å². The lowest BCUT2D eigenvalue weighted by atomic mass is 10.1. The first-order valence-electron chi connectivity index (χ1n) is 9.53. The summed E-state index contributed by atoms with van der Waals surface area (Å²) >= 11 is 3.36. The van der Waals surface area contributed by atoms with Gasteiger partial charge in [0.1, 0.15) is 24.2 Å². The highest BCUT2D eigenvalue weighted by Gasteiger charge is 2.31. The Hall–Kier alpha value is -2.68. The van der Waals surface area contributed by atoms with Crippen LogP contribution in [0.25, 0.3) is 0 Å². The van der Waals surface area contributed by atoms with Crippen molar-refractivity contribution in [1.29, 1.82) is 0 Å². The maximum Gasteiger partial charge on any atom is 0.265 e. The van der Waals surface area contributed by atoms with Crippen molar-refractivity contribution in [2.75, 3.05) is 31.1 Å². The van der Waals surface area contributed by atoms with Crippen LogP contribution in [-0.4, -0.2) is 49.1 Å². The molecule has 30 heavy (non-hydrogen) atoms. The monoisotopic (exact) mass is 480 g/mol. The Morgan fingerprint density at radius 3 is 2.67 bits per heavy atom. The summed E-state index contributed by atoms with van der Waals surface area (Å²) < 4.78 is 38.7. The molecule has 1 fully saturated rings. The van der Waals surface area contributed by atoms with Crippen LogP contribution in [0.5, 0.6) is 11.5 Å². The summed E-state index contributed by atoms with van der Waals surface area (Å²) in [5.41, 5.74) is 0.563. The Labute approximate surface area is 180 Å². The maximum absolute atomic E-state index is 13.8. The lowest BCUT2D eigenvalue weighted by molar-refractivity contribution is -0.133. The fourth-order valence-corrected chi connectivity index (χ4v) is 3.90. The van der Waals surface area contributed by atoms with Crippen LogP contribution in [0, 0.1) is 11.6 Å². The predicted octanol–water partition coefficient (Wildman–Crippen LogP) is 3.52. The van der Waals surface area contributed by atoms with Gasteiger partial charge >= 0.3 is 0 Å². The van der Waals surface area contributed by atoms with Crippen LogP contribution in [0.4, 0.5) is 14.5 Å². The van der Waals surface area contributed by atoms with Crippen molar-refractivity contribution in [2.24, 2.45) is 0 Å². The summed E-state index contributed by atoms with van der Waals surface area (Å²) in [4.78, 5) is 28.2. The van der Waals surface area contributed by atoms with E-state index in [0.717, 1.165) is 16.6 Å². The number of anilines is 1. The van der Waals surface area contributed by atoms with Crippen LogP contribution in [0.3, 0.4) is 0 Å². The second kappa shape index (κ2) is 8.59. The number of fused-ring (bicyclic) bond motifs is 1. The Bertz CT molecular complexity index is 979. The SMILES string of the molecule is O=C(CN1C(=O)COc2cc(Br)ccc21)N1CCC(Oc2ccc(F)cc2F)CC1. The Morgan fingerprint density at radius 1 is 1.17 bits per heavy atom. The molecule has 1 saturated heterocycles. The van der Waals surface area contributed by atoms with Gasteiger partial charge in [0, 0.05) is 36.5 Å². The van der Waals surface area contributed by atoms with Crippen LogP contribution >= 0.6 is 15.9 Å². The molecule has 6 nitrogen and oxygen atoms in total. The first kappa shape index (κ1) is 20.6. The summed E-state index contributed by atoms with van der Waals surface area (Å²) in [7, 11) is 0. The highest BCUT2D eigenvalue weighted by Crippen LogP contribution is 2.34. The minimum absolute atomic E-state index is 0.00265. The van der Waals surface area contributed by atoms with E-state index in [9.17, 15) is 18.4 Å². The number of carbonyl (C=O) groups excluding carboxylic acids is 2. The van der Waals surface area contributed by atoms with Gasteiger partial charge < -0.3 is 14.4 Å². The molecular formula is C21H19BrF2N2O4. The number of hydrogen-bond acceptors (Lipinski definition) is 4. The van der Waals surface area contributed by atoms with Gasteiger partial charge in [-0.3, -0.25) is 14.5 Å². The fraction of sp³-hybridized carbons (Fsp3) is 0.333. The highest BCUT2D eigenvalue weighted by atomic mass is 79.9. The van der Waals surface area contributed by atoms with Crippen molar-refractivity contribution < 1.29 is 27.8 Å². The molecule has 0 saturated carbocycles. The van der Waals surface area contributed by atoms with Gasteiger partial charge in [-0.25, -0.2) is 8.78 Å². The third kappa shape index (κ3) is 4.40. The molecule has 9 heteroatoms. The van der Waals surface area contributed by atoms with Gasteiger partial charge in [-0.2, -0.15) is 0 Å². The van der Waals surface area contributed by atoms with Gasteiger partial charge in [-0.1, -0.05) is 15.9 Å². The molecule has 158 valence electrons. The Morgan fingerprint density at radius 2 is 1.93 bits per heavy atom. The Balaban J connectivity index is 1.35. The predicted molar refractivity (Wildman–Crippen MR) is 109 cm³/mol. The second-order valence-corrected chi connectivity index (χ2v) is 8.07. The molecule has 2 aliphatic heterocycles. The minimum atomic E-state index is -0.746. The number of halogens is 3. The zero-order valence-corrected chi connectivity index (χ0v) is 17.5. The van der Waals surface area contributed by atoms with E-state index in [1.807, 2.05) is 0 Å². The molecule has 0 bridgehead atoms. The first-order valence-corrected chi connectivity index (χ1v) is 10.3. The number of nitrogens with zero attached hydrogens (tertiary/aromatic N) is 2. The normalized spacial score (nSPS) is 16.8. The van der Waals surface area contributed by atoms with E-state index >= 15 is 0 Å². The van der Waals surface area contributed by atoms with Crippen molar-refractivity contribution in [3.63, 3.8) is 0 Å². The third-order valence-corrected chi connectivity index (χ3v) is 5.63. The van der Waals surface area contributed by atoms with Gasteiger partial charge in [-0.05, 0) is 30.3 Å². The molecule has 0 spiro atoms. The molecule has 2 aromatic rings. The van der Waals surface area contributed by atoms with E-state index in [2.05, 4.69) is 15.9 Å². The number of hydrogen-bond donors (Lipinski definition) is 0. The van der Waals surface area contributed by atoms with Crippen LogP contribution in [0.15, 0.2) is 40.9 Å². The zero-order valence-electron chi connectivity index (χ0n) is 15.9. The molecule has 0 atom stereocenters. The molecule has 2 aromatic carbocycles. The van der Waals surface area contributed by atoms with E-state index in [1.54, 1.807) is 23.1 Å². The number of carbonyl (C=O) groups is 2. The van der Waals surface area contributed by atoms with Crippen LogP contribution < -0.4 is 14.4 Å². The second-order valence-electron chi connectivity index (χ2n) is 7.15. The van der Waals surface area contributed by atoms with Crippen molar-refractivity contribution >= 4 is 33.4 Å². The number of piperidine rings is 1. The molecule has 2 aliphatic rings. The minimum Gasteiger partial charge on any atom is -0.487 e. The molecule has 0 unspecified atom stereocenters. The smallest absolute Gasteiger partial charge is 0.265 e. The maximum atomic E-state index is 13.8. The average molecular weight is 481 g/mol. The van der Waals surface area contributed by atoms with Gasteiger partial charge in [0.05, 0.1) is 5.69 Å². The average Bonchev–Trinajstić information content (AvgIpc) is 2.72. The lowest BCUT2D eigenvalue weighted by Gasteiger charge is -2.35. The first-order chi connectivity index (χ1) is 14.4. The van der Waals surface area contributed by atoms with E-state index in [0.29, 0.717) is 37.4 Å². The summed E-state index contributed by atoms with van der Waals surface area (Å²) in [6.45, 7) is 0.668. The van der Waals surface area contributed by atoms with Gasteiger partial charge in [0.15, 0.2) is 18.2 Å². The molecule has 0 aliphatic carbocycles. The van der Waals surface area contributed by atoms with Crippen molar-refractivity contribution in [2.45, 2.75) is 18.9 Å². The van der Waals surface area contributed by atoms with Gasteiger partial charge in [-0.15, -0.1) is 0 Å². The number of rotatable bonds is 4. The van der Waals surface area contributed by atoms with E-state index in [4.69, 9.17) is 9.47 Å². The Kier molecular flexibility index (Phi) is 5.90. The molecule has 0 aromatic heterocycles. The van der Waals surface area contributed by atoms with Crippen LogP contribution in [-0.2, 0) is 9.59 Å². The molecular weight excluding hydrogens is 462 g/mol. The van der Waals surface area contributed by atoms with Crippen molar-refractivity contribution in [1.82, 2.24) is 4.90 Å². The largest absolute Gasteiger partial charge is 0.487 e. The number of amides is 2. The van der Waals surface area contributed by atoms with Crippen LogP contribution in [0.1, 0.15) is 12.8 Å². The topological polar surface area (TPSA) is 59.1 Å². The summed E-state index contributed by atoms with van der Waals surface area (Å²) in [6, 6.07) is 8.48. The lowest BCUT2D eigenvalue weighted by Crippen LogP contribution is -2.49. The van der Waals surface area contributed by atoms with Crippen molar-refractivity contribution in [3.05, 3.63) is 52.5 Å². The number of benzene rings is 2. The quantitative estimate of drug-likeness (QED) is 0.671. The molecule has 0 radical (unpaired) electrons.